The van der Waals surface area contributed by atoms with Crippen molar-refractivity contribution in [2.75, 3.05) is 6.26 Å². The average Bonchev–Trinajstić information content (AvgIpc) is 2.87. The molecule has 0 nitrogen and oxygen atoms in total. The van der Waals surface area contributed by atoms with E-state index in [1.165, 1.54) is 0 Å². The van der Waals surface area contributed by atoms with E-state index in [-0.39, 0.29) is 5.82 Å². The van der Waals surface area contributed by atoms with Gasteiger partial charge in [0.05, 0.1) is 0 Å². The van der Waals surface area contributed by atoms with Crippen LogP contribution in [0.1, 0.15) is 24.3 Å². The summed E-state index contributed by atoms with van der Waals surface area (Å²) in [4.78, 5) is 1.01. The summed E-state index contributed by atoms with van der Waals surface area (Å²) in [5.41, 5.74) is 0.910. The van der Waals surface area contributed by atoms with Gasteiger partial charge in [0.15, 0.2) is 0 Å². The fourth-order valence-electron chi connectivity index (χ4n) is 1.36. The van der Waals surface area contributed by atoms with E-state index in [0.29, 0.717) is 5.92 Å². The molecule has 2 rings (SSSR count). The van der Waals surface area contributed by atoms with Crippen LogP contribution in [-0.4, -0.2) is 6.26 Å². The first-order chi connectivity index (χ1) is 5.81. The Bertz CT molecular complexity index is 292. The van der Waals surface area contributed by atoms with Gasteiger partial charge in [0, 0.05) is 4.90 Å². The summed E-state index contributed by atoms with van der Waals surface area (Å²) >= 11 is 1.58. The molecule has 0 amide bonds. The number of hydrogen-bond acceptors (Lipinski definition) is 1. The van der Waals surface area contributed by atoms with Gasteiger partial charge in [0.2, 0.25) is 0 Å². The molecule has 1 aromatic carbocycles. The second-order valence-corrected chi connectivity index (χ2v) is 4.04. The van der Waals surface area contributed by atoms with E-state index in [1.54, 1.807) is 17.8 Å². The summed E-state index contributed by atoms with van der Waals surface area (Å²) in [6, 6.07) is 5.57. The zero-order valence-electron chi connectivity index (χ0n) is 7.01. The molecule has 2 heteroatoms. The Morgan fingerprint density at radius 3 is 2.67 bits per heavy atom. The molecule has 0 saturated heterocycles. The first-order valence-corrected chi connectivity index (χ1v) is 5.37. The van der Waals surface area contributed by atoms with Crippen LogP contribution in [0.5, 0.6) is 0 Å². The zero-order chi connectivity index (χ0) is 8.55. The van der Waals surface area contributed by atoms with Crippen LogP contribution < -0.4 is 0 Å². The van der Waals surface area contributed by atoms with Crippen molar-refractivity contribution in [3.63, 3.8) is 0 Å². The first-order valence-electron chi connectivity index (χ1n) is 4.14. The highest BCUT2D eigenvalue weighted by molar-refractivity contribution is 7.98. The molecule has 0 radical (unpaired) electrons. The van der Waals surface area contributed by atoms with Crippen LogP contribution in [0, 0.1) is 5.82 Å². The van der Waals surface area contributed by atoms with E-state index >= 15 is 0 Å². The van der Waals surface area contributed by atoms with E-state index in [1.807, 2.05) is 18.4 Å². The highest BCUT2D eigenvalue weighted by Crippen LogP contribution is 2.41. The van der Waals surface area contributed by atoms with Crippen molar-refractivity contribution < 1.29 is 4.39 Å². The molecule has 1 fully saturated rings. The molecule has 0 aliphatic heterocycles. The maximum Gasteiger partial charge on any atom is 0.127 e. The molecule has 0 spiro atoms. The highest BCUT2D eigenvalue weighted by atomic mass is 32.2. The summed E-state index contributed by atoms with van der Waals surface area (Å²) in [5.74, 6) is 0.491. The molecule has 0 aromatic heterocycles. The van der Waals surface area contributed by atoms with Crippen molar-refractivity contribution in [1.82, 2.24) is 0 Å². The summed E-state index contributed by atoms with van der Waals surface area (Å²) in [6.07, 6.45) is 4.29. The van der Waals surface area contributed by atoms with Crippen LogP contribution in [0.2, 0.25) is 0 Å². The Labute approximate surface area is 76.2 Å². The van der Waals surface area contributed by atoms with Crippen LogP contribution in [0.4, 0.5) is 4.39 Å². The Morgan fingerprint density at radius 2 is 2.17 bits per heavy atom. The third-order valence-corrected chi connectivity index (χ3v) is 2.95. The first kappa shape index (κ1) is 8.11. The smallest absolute Gasteiger partial charge is 0.127 e. The minimum absolute atomic E-state index is 0.0237. The summed E-state index contributed by atoms with van der Waals surface area (Å²) in [6.45, 7) is 0. The highest BCUT2D eigenvalue weighted by Gasteiger charge is 2.26. The second kappa shape index (κ2) is 3.09. The lowest BCUT2D eigenvalue weighted by atomic mass is 10.1. The molecular formula is C10H11FS. The lowest BCUT2D eigenvalue weighted by Crippen LogP contribution is -1.86. The van der Waals surface area contributed by atoms with Crippen LogP contribution in [0.25, 0.3) is 0 Å². The van der Waals surface area contributed by atoms with Crippen LogP contribution in [0.15, 0.2) is 23.1 Å². The Morgan fingerprint density at radius 1 is 1.42 bits per heavy atom. The maximum absolute atomic E-state index is 13.3. The maximum atomic E-state index is 13.3. The average molecular weight is 182 g/mol. The SMILES string of the molecule is CSc1ccc(C2CC2)c(F)c1. The standard InChI is InChI=1S/C10H11FS/c1-12-8-4-5-9(7-2-3-7)10(11)6-8/h4-7H,2-3H2,1H3. The van der Waals surface area contributed by atoms with Crippen LogP contribution in [0.3, 0.4) is 0 Å². The molecule has 0 atom stereocenters. The topological polar surface area (TPSA) is 0 Å². The normalized spacial score (nSPS) is 16.5. The van der Waals surface area contributed by atoms with Crippen molar-refractivity contribution in [3.05, 3.63) is 29.6 Å². The van der Waals surface area contributed by atoms with E-state index in [0.717, 1.165) is 23.3 Å². The van der Waals surface area contributed by atoms with Gasteiger partial charge in [-0.1, -0.05) is 6.07 Å². The fraction of sp³-hybridized carbons (Fsp3) is 0.400. The van der Waals surface area contributed by atoms with E-state index in [2.05, 4.69) is 0 Å². The number of hydrogen-bond donors (Lipinski definition) is 0. The molecular weight excluding hydrogens is 171 g/mol. The number of thioether (sulfide) groups is 1. The monoisotopic (exact) mass is 182 g/mol. The van der Waals surface area contributed by atoms with E-state index < -0.39 is 0 Å². The van der Waals surface area contributed by atoms with Gasteiger partial charge < -0.3 is 0 Å². The van der Waals surface area contributed by atoms with Crippen LogP contribution >= 0.6 is 11.8 Å². The number of rotatable bonds is 2. The van der Waals surface area contributed by atoms with Crippen molar-refractivity contribution in [2.45, 2.75) is 23.7 Å². The van der Waals surface area contributed by atoms with Crippen molar-refractivity contribution in [2.24, 2.45) is 0 Å². The lowest BCUT2D eigenvalue weighted by molar-refractivity contribution is 0.607. The van der Waals surface area contributed by atoms with Crippen molar-refractivity contribution in [1.29, 1.82) is 0 Å². The molecule has 0 heterocycles. The fourth-order valence-corrected chi connectivity index (χ4v) is 1.79. The van der Waals surface area contributed by atoms with E-state index in [9.17, 15) is 4.39 Å². The molecule has 1 aliphatic rings. The molecule has 12 heavy (non-hydrogen) atoms. The molecule has 1 aliphatic carbocycles. The molecule has 0 N–H and O–H groups in total. The molecule has 1 saturated carbocycles. The summed E-state index contributed by atoms with van der Waals surface area (Å²) in [5, 5.41) is 0. The molecule has 64 valence electrons. The van der Waals surface area contributed by atoms with Gasteiger partial charge in [0.25, 0.3) is 0 Å². The quantitative estimate of drug-likeness (QED) is 0.631. The van der Waals surface area contributed by atoms with Gasteiger partial charge in [-0.2, -0.15) is 0 Å². The summed E-state index contributed by atoms with van der Waals surface area (Å²) < 4.78 is 13.3. The number of halogens is 1. The van der Waals surface area contributed by atoms with Gasteiger partial charge in [-0.05, 0) is 42.7 Å². The van der Waals surface area contributed by atoms with Gasteiger partial charge in [0.1, 0.15) is 5.82 Å². The Balaban J connectivity index is 2.32. The van der Waals surface area contributed by atoms with Crippen molar-refractivity contribution >= 4 is 11.8 Å². The third kappa shape index (κ3) is 1.48. The predicted octanol–water partition coefficient (Wildman–Crippen LogP) is 3.43. The van der Waals surface area contributed by atoms with E-state index in [4.69, 9.17) is 0 Å². The minimum Gasteiger partial charge on any atom is -0.207 e. The zero-order valence-corrected chi connectivity index (χ0v) is 7.83. The molecule has 1 aromatic rings. The van der Waals surface area contributed by atoms with Gasteiger partial charge >= 0.3 is 0 Å². The third-order valence-electron chi connectivity index (χ3n) is 2.22. The lowest BCUT2D eigenvalue weighted by Gasteiger charge is -2.01. The number of benzene rings is 1. The Hall–Kier alpha value is -0.500. The Kier molecular flexibility index (Phi) is 2.09. The van der Waals surface area contributed by atoms with Crippen molar-refractivity contribution in [3.8, 4) is 0 Å². The van der Waals surface area contributed by atoms with Gasteiger partial charge in [-0.3, -0.25) is 0 Å². The predicted molar refractivity (Wildman–Crippen MR) is 50.2 cm³/mol. The minimum atomic E-state index is -0.0237. The van der Waals surface area contributed by atoms with Gasteiger partial charge in [-0.25, -0.2) is 4.39 Å². The van der Waals surface area contributed by atoms with Gasteiger partial charge in [-0.15, -0.1) is 11.8 Å². The molecule has 0 unspecified atom stereocenters. The second-order valence-electron chi connectivity index (χ2n) is 3.16. The largest absolute Gasteiger partial charge is 0.207 e. The summed E-state index contributed by atoms with van der Waals surface area (Å²) in [7, 11) is 0. The van der Waals surface area contributed by atoms with Crippen LogP contribution in [-0.2, 0) is 0 Å². The molecule has 0 bridgehead atoms.